The van der Waals surface area contributed by atoms with Crippen molar-refractivity contribution in [2.45, 2.75) is 18.2 Å². The molecule has 0 saturated heterocycles. The minimum atomic E-state index is -4.21. The Morgan fingerprint density at radius 2 is 2.00 bits per heavy atom. The minimum absolute atomic E-state index is 0.222. The molecule has 0 fully saturated rings. The van der Waals surface area contributed by atoms with E-state index in [0.29, 0.717) is 6.42 Å². The van der Waals surface area contributed by atoms with E-state index in [-0.39, 0.29) is 10.6 Å². The third-order valence-electron chi connectivity index (χ3n) is 2.08. The molecule has 0 spiro atoms. The number of nitro groups is 1. The van der Waals surface area contributed by atoms with Crippen molar-refractivity contribution in [3.63, 3.8) is 0 Å². The fourth-order valence-electron chi connectivity index (χ4n) is 1.37. The monoisotopic (exact) mass is 298 g/mol. The van der Waals surface area contributed by atoms with Gasteiger partial charge >= 0.3 is 0 Å². The van der Waals surface area contributed by atoms with E-state index in [1.54, 1.807) is 6.92 Å². The van der Waals surface area contributed by atoms with E-state index in [0.717, 1.165) is 0 Å². The van der Waals surface area contributed by atoms with Crippen molar-refractivity contribution in [1.82, 2.24) is 0 Å². The van der Waals surface area contributed by atoms with Crippen LogP contribution in [0.4, 0.5) is 5.69 Å². The van der Waals surface area contributed by atoms with Crippen LogP contribution in [-0.4, -0.2) is 13.3 Å². The quantitative estimate of drug-likeness (QED) is 0.681. The van der Waals surface area contributed by atoms with Gasteiger partial charge in [0.1, 0.15) is 9.92 Å². The zero-order valence-corrected chi connectivity index (χ0v) is 10.9. The number of sulfonamides is 1. The first-order chi connectivity index (χ1) is 7.70. The molecular formula is C8H8Cl2N2O4S. The topological polar surface area (TPSA) is 103 Å². The van der Waals surface area contributed by atoms with Gasteiger partial charge in [0.05, 0.1) is 9.95 Å². The van der Waals surface area contributed by atoms with Crippen LogP contribution in [0, 0.1) is 10.1 Å². The van der Waals surface area contributed by atoms with Crippen LogP contribution >= 0.6 is 23.2 Å². The minimum Gasteiger partial charge on any atom is -0.258 e. The van der Waals surface area contributed by atoms with Gasteiger partial charge in [-0.15, -0.1) is 0 Å². The number of nitro benzene ring substituents is 1. The average molecular weight is 299 g/mol. The molecule has 0 unspecified atom stereocenters. The third-order valence-corrected chi connectivity index (χ3v) is 3.96. The third kappa shape index (κ3) is 2.68. The van der Waals surface area contributed by atoms with E-state index in [1.807, 2.05) is 0 Å². The van der Waals surface area contributed by atoms with Gasteiger partial charge in [0.2, 0.25) is 10.0 Å². The van der Waals surface area contributed by atoms with Crippen molar-refractivity contribution in [2.24, 2.45) is 5.14 Å². The summed E-state index contributed by atoms with van der Waals surface area (Å²) < 4.78 is 22.5. The Bertz CT molecular complexity index is 586. The lowest BCUT2D eigenvalue weighted by Gasteiger charge is -2.08. The molecule has 0 atom stereocenters. The summed E-state index contributed by atoms with van der Waals surface area (Å²) in [4.78, 5) is 9.46. The zero-order chi connectivity index (χ0) is 13.4. The lowest BCUT2D eigenvalue weighted by molar-refractivity contribution is -0.385. The Balaban J connectivity index is 3.79. The fraction of sp³-hybridized carbons (Fsp3) is 0.250. The highest BCUT2D eigenvalue weighted by Gasteiger charge is 2.28. The van der Waals surface area contributed by atoms with Crippen LogP contribution in [0.15, 0.2) is 11.0 Å². The number of hydrogen-bond donors (Lipinski definition) is 1. The van der Waals surface area contributed by atoms with Crippen LogP contribution in [0.1, 0.15) is 12.5 Å². The fourth-order valence-corrected chi connectivity index (χ4v) is 3.26. The molecule has 94 valence electrons. The molecule has 2 N–H and O–H groups in total. The molecule has 0 amide bonds. The number of halogens is 2. The molecule has 1 aromatic rings. The van der Waals surface area contributed by atoms with Gasteiger partial charge in [-0.05, 0) is 12.5 Å². The molecule has 0 heterocycles. The van der Waals surface area contributed by atoms with E-state index in [4.69, 9.17) is 28.3 Å². The summed E-state index contributed by atoms with van der Waals surface area (Å²) in [6.07, 6.45) is 0.292. The Morgan fingerprint density at radius 3 is 2.35 bits per heavy atom. The molecule has 0 bridgehead atoms. The van der Waals surface area contributed by atoms with Gasteiger partial charge in [0.15, 0.2) is 0 Å². The Kier molecular flexibility index (Phi) is 3.98. The number of hydrogen-bond acceptors (Lipinski definition) is 4. The predicted octanol–water partition coefficient (Wildman–Crippen LogP) is 2.11. The number of benzene rings is 1. The lowest BCUT2D eigenvalue weighted by Crippen LogP contribution is -2.14. The van der Waals surface area contributed by atoms with E-state index < -0.39 is 30.6 Å². The van der Waals surface area contributed by atoms with Crippen LogP contribution in [0.25, 0.3) is 0 Å². The van der Waals surface area contributed by atoms with Crippen molar-refractivity contribution in [3.05, 3.63) is 31.8 Å². The van der Waals surface area contributed by atoms with Crippen molar-refractivity contribution in [1.29, 1.82) is 0 Å². The first kappa shape index (κ1) is 14.2. The van der Waals surface area contributed by atoms with E-state index in [2.05, 4.69) is 0 Å². The highest BCUT2D eigenvalue weighted by Crippen LogP contribution is 2.38. The summed E-state index contributed by atoms with van der Waals surface area (Å²) in [5, 5.41) is 15.0. The smallest absolute Gasteiger partial charge is 0.258 e. The maximum Gasteiger partial charge on any atom is 0.292 e. The lowest BCUT2D eigenvalue weighted by atomic mass is 10.1. The standard InChI is InChI=1S/C8H8Cl2N2O4S/c1-2-4-3-5(9)8(17(11,15)16)6(10)7(4)12(13)14/h3H,2H2,1H3,(H2,11,15,16). The van der Waals surface area contributed by atoms with Crippen molar-refractivity contribution in [2.75, 3.05) is 0 Å². The van der Waals surface area contributed by atoms with Crippen LogP contribution in [0.3, 0.4) is 0 Å². The van der Waals surface area contributed by atoms with Crippen molar-refractivity contribution in [3.8, 4) is 0 Å². The molecule has 6 nitrogen and oxygen atoms in total. The molecule has 0 saturated carbocycles. The second kappa shape index (κ2) is 4.77. The summed E-state index contributed by atoms with van der Waals surface area (Å²) in [7, 11) is -4.21. The Labute approximate surface area is 108 Å². The summed E-state index contributed by atoms with van der Waals surface area (Å²) >= 11 is 11.4. The number of primary sulfonamides is 1. The van der Waals surface area contributed by atoms with Gasteiger partial charge in [-0.3, -0.25) is 10.1 Å². The Hall–Kier alpha value is -0.890. The molecule has 1 rings (SSSR count). The predicted molar refractivity (Wildman–Crippen MR) is 63.9 cm³/mol. The second-order valence-corrected chi connectivity index (χ2v) is 5.45. The maximum absolute atomic E-state index is 11.2. The van der Waals surface area contributed by atoms with Gasteiger partial charge in [0.25, 0.3) is 5.69 Å². The summed E-state index contributed by atoms with van der Waals surface area (Å²) in [5.41, 5.74) is -0.236. The molecule has 9 heteroatoms. The van der Waals surface area contributed by atoms with Crippen LogP contribution in [-0.2, 0) is 16.4 Å². The van der Waals surface area contributed by atoms with Gasteiger partial charge in [-0.1, -0.05) is 30.1 Å². The first-order valence-electron chi connectivity index (χ1n) is 4.38. The van der Waals surface area contributed by atoms with E-state index in [1.165, 1.54) is 6.07 Å². The summed E-state index contributed by atoms with van der Waals surface area (Å²) in [6.45, 7) is 1.66. The normalized spacial score (nSPS) is 11.5. The maximum atomic E-state index is 11.2. The molecule has 0 aliphatic rings. The van der Waals surface area contributed by atoms with Crippen LogP contribution in [0.2, 0.25) is 10.0 Å². The highest BCUT2D eigenvalue weighted by atomic mass is 35.5. The summed E-state index contributed by atoms with van der Waals surface area (Å²) in [5.74, 6) is 0. The van der Waals surface area contributed by atoms with E-state index >= 15 is 0 Å². The number of nitrogens with zero attached hydrogens (tertiary/aromatic N) is 1. The second-order valence-electron chi connectivity index (χ2n) is 3.16. The van der Waals surface area contributed by atoms with Crippen LogP contribution < -0.4 is 5.14 Å². The van der Waals surface area contributed by atoms with Crippen molar-refractivity contribution < 1.29 is 13.3 Å². The number of rotatable bonds is 3. The SMILES string of the molecule is CCc1cc(Cl)c(S(N)(=O)=O)c(Cl)c1[N+](=O)[O-]. The molecule has 0 aliphatic carbocycles. The summed E-state index contributed by atoms with van der Waals surface area (Å²) in [6, 6.07) is 1.19. The highest BCUT2D eigenvalue weighted by molar-refractivity contribution is 7.89. The molecule has 0 aromatic heterocycles. The first-order valence-corrected chi connectivity index (χ1v) is 6.68. The number of nitrogens with two attached hydrogens (primary N) is 1. The molecule has 1 aromatic carbocycles. The largest absolute Gasteiger partial charge is 0.292 e. The van der Waals surface area contributed by atoms with Gasteiger partial charge < -0.3 is 0 Å². The molecule has 0 aliphatic heterocycles. The number of aryl methyl sites for hydroxylation is 1. The molecule has 0 radical (unpaired) electrons. The molecular weight excluding hydrogens is 291 g/mol. The molecule has 17 heavy (non-hydrogen) atoms. The van der Waals surface area contributed by atoms with Gasteiger partial charge in [-0.2, -0.15) is 0 Å². The van der Waals surface area contributed by atoms with Gasteiger partial charge in [0, 0.05) is 5.56 Å². The van der Waals surface area contributed by atoms with E-state index in [9.17, 15) is 18.5 Å². The van der Waals surface area contributed by atoms with Gasteiger partial charge in [-0.25, -0.2) is 13.6 Å². The Morgan fingerprint density at radius 1 is 1.47 bits per heavy atom. The zero-order valence-electron chi connectivity index (χ0n) is 8.61. The average Bonchev–Trinajstić information content (AvgIpc) is 2.13. The van der Waals surface area contributed by atoms with Crippen molar-refractivity contribution >= 4 is 38.9 Å². The van der Waals surface area contributed by atoms with Crippen LogP contribution in [0.5, 0.6) is 0 Å².